The molecule has 0 spiro atoms. The number of aryl methyl sites for hydroxylation is 1. The molecular weight excluding hydrogens is 304 g/mol. The summed E-state index contributed by atoms with van der Waals surface area (Å²) in [6.07, 6.45) is 2.07. The van der Waals surface area contributed by atoms with Gasteiger partial charge in [-0.1, -0.05) is 24.3 Å². The van der Waals surface area contributed by atoms with Crippen LogP contribution in [0.15, 0.2) is 47.4 Å². The Labute approximate surface area is 143 Å². The van der Waals surface area contributed by atoms with E-state index in [1.165, 1.54) is 20.9 Å². The predicted molar refractivity (Wildman–Crippen MR) is 98.2 cm³/mol. The van der Waals surface area contributed by atoms with Crippen LogP contribution >= 0.6 is 11.8 Å². The van der Waals surface area contributed by atoms with E-state index in [1.807, 2.05) is 26.1 Å². The molecule has 0 heterocycles. The summed E-state index contributed by atoms with van der Waals surface area (Å²) in [6.45, 7) is 5.39. The number of benzene rings is 2. The highest BCUT2D eigenvalue weighted by atomic mass is 32.2. The molecule has 122 valence electrons. The summed E-state index contributed by atoms with van der Waals surface area (Å²) < 4.78 is 0. The van der Waals surface area contributed by atoms with Crippen molar-refractivity contribution in [1.29, 1.82) is 0 Å². The van der Waals surface area contributed by atoms with E-state index in [1.54, 1.807) is 11.8 Å². The summed E-state index contributed by atoms with van der Waals surface area (Å²) in [5, 5.41) is 3.02. The number of carbonyl (C=O) groups excluding carboxylic acids is 1. The lowest BCUT2D eigenvalue weighted by Gasteiger charge is -2.15. The van der Waals surface area contributed by atoms with Crippen molar-refractivity contribution in [3.8, 4) is 0 Å². The van der Waals surface area contributed by atoms with Crippen molar-refractivity contribution >= 4 is 23.4 Å². The fourth-order valence-corrected chi connectivity index (χ4v) is 2.92. The van der Waals surface area contributed by atoms with E-state index in [2.05, 4.69) is 48.8 Å². The maximum atomic E-state index is 12.2. The summed E-state index contributed by atoms with van der Waals surface area (Å²) >= 11 is 1.74. The number of amides is 1. The Bertz CT molecular complexity index is 668. The molecule has 0 aliphatic rings. The van der Waals surface area contributed by atoms with E-state index >= 15 is 0 Å². The minimum atomic E-state index is 0.0527. The molecule has 3 nitrogen and oxygen atoms in total. The number of carbonyl (C=O) groups is 1. The molecule has 1 unspecified atom stereocenters. The van der Waals surface area contributed by atoms with Gasteiger partial charge in [0.25, 0.3) is 5.91 Å². The van der Waals surface area contributed by atoms with Gasteiger partial charge in [-0.3, -0.25) is 4.79 Å². The third-order valence-electron chi connectivity index (χ3n) is 4.01. The highest BCUT2D eigenvalue weighted by Crippen LogP contribution is 2.17. The molecule has 1 amide bonds. The molecule has 2 rings (SSSR count). The number of hydrogen-bond donors (Lipinski definition) is 2. The monoisotopic (exact) mass is 329 g/mol. The summed E-state index contributed by atoms with van der Waals surface area (Å²) in [7, 11) is 2.05. The zero-order valence-electron chi connectivity index (χ0n) is 14.3. The molecule has 23 heavy (non-hydrogen) atoms. The Hall–Kier alpha value is -1.78. The number of thioether (sulfide) groups is 1. The lowest BCUT2D eigenvalue weighted by atomic mass is 10.1. The third-order valence-corrected chi connectivity index (χ3v) is 4.75. The van der Waals surface area contributed by atoms with Crippen molar-refractivity contribution in [3.05, 3.63) is 59.2 Å². The molecule has 0 bridgehead atoms. The van der Waals surface area contributed by atoms with E-state index in [0.29, 0.717) is 6.54 Å². The Morgan fingerprint density at radius 3 is 2.48 bits per heavy atom. The number of quaternary nitrogens is 1. The van der Waals surface area contributed by atoms with Gasteiger partial charge in [0.1, 0.15) is 6.54 Å². The SMILES string of the molecule is CSc1ccc(C[NH+](C)CC(=O)Nc2cccc(C)c2C)cc1. The lowest BCUT2D eigenvalue weighted by molar-refractivity contribution is -0.885. The molecule has 2 aromatic rings. The van der Waals surface area contributed by atoms with E-state index in [9.17, 15) is 4.79 Å². The molecule has 1 atom stereocenters. The molecule has 0 aliphatic carbocycles. The van der Waals surface area contributed by atoms with Gasteiger partial charge in [0.15, 0.2) is 6.54 Å². The van der Waals surface area contributed by atoms with Crippen LogP contribution in [-0.4, -0.2) is 25.8 Å². The first-order valence-corrected chi connectivity index (χ1v) is 9.02. The third kappa shape index (κ3) is 5.12. The standard InChI is InChI=1S/C19H24N2OS/c1-14-6-5-7-18(15(14)2)20-19(22)13-21(3)12-16-8-10-17(23-4)11-9-16/h5-11H,12-13H2,1-4H3,(H,20,22)/p+1. The average molecular weight is 329 g/mol. The highest BCUT2D eigenvalue weighted by molar-refractivity contribution is 7.98. The number of likely N-dealkylation sites (N-methyl/N-ethyl adjacent to an activating group) is 1. The van der Waals surface area contributed by atoms with Gasteiger partial charge >= 0.3 is 0 Å². The first kappa shape index (κ1) is 17.6. The summed E-state index contributed by atoms with van der Waals surface area (Å²) in [5.74, 6) is 0.0527. The first-order chi connectivity index (χ1) is 11.0. The van der Waals surface area contributed by atoms with E-state index in [0.717, 1.165) is 17.8 Å². The van der Waals surface area contributed by atoms with E-state index < -0.39 is 0 Å². The van der Waals surface area contributed by atoms with Crippen LogP contribution in [0.4, 0.5) is 5.69 Å². The van der Waals surface area contributed by atoms with Gasteiger partial charge in [0.05, 0.1) is 7.05 Å². The van der Waals surface area contributed by atoms with Crippen molar-refractivity contribution in [2.45, 2.75) is 25.3 Å². The fourth-order valence-electron chi connectivity index (χ4n) is 2.51. The van der Waals surface area contributed by atoms with Gasteiger partial charge in [-0.25, -0.2) is 0 Å². The maximum absolute atomic E-state index is 12.2. The Morgan fingerprint density at radius 1 is 1.13 bits per heavy atom. The fraction of sp³-hybridized carbons (Fsp3) is 0.316. The number of nitrogens with one attached hydrogen (secondary N) is 2. The normalized spacial score (nSPS) is 12.0. The maximum Gasteiger partial charge on any atom is 0.279 e. The quantitative estimate of drug-likeness (QED) is 0.799. The molecule has 0 fully saturated rings. The van der Waals surface area contributed by atoms with Crippen LogP contribution in [0.5, 0.6) is 0 Å². The van der Waals surface area contributed by atoms with Crippen LogP contribution < -0.4 is 10.2 Å². The molecule has 0 aromatic heterocycles. The van der Waals surface area contributed by atoms with Crippen LogP contribution in [0.25, 0.3) is 0 Å². The van der Waals surface area contributed by atoms with Gasteiger partial charge < -0.3 is 10.2 Å². The van der Waals surface area contributed by atoms with Crippen LogP contribution in [0.2, 0.25) is 0 Å². The van der Waals surface area contributed by atoms with Gasteiger partial charge in [-0.15, -0.1) is 11.8 Å². The lowest BCUT2D eigenvalue weighted by Crippen LogP contribution is -3.08. The van der Waals surface area contributed by atoms with Crippen molar-refractivity contribution in [2.75, 3.05) is 25.2 Å². The second-order valence-corrected chi connectivity index (χ2v) is 6.83. The van der Waals surface area contributed by atoms with Crippen LogP contribution in [0.3, 0.4) is 0 Å². The molecule has 2 N–H and O–H groups in total. The number of anilines is 1. The Morgan fingerprint density at radius 2 is 1.83 bits per heavy atom. The molecule has 2 aromatic carbocycles. The second-order valence-electron chi connectivity index (χ2n) is 5.95. The van der Waals surface area contributed by atoms with E-state index in [4.69, 9.17) is 0 Å². The summed E-state index contributed by atoms with van der Waals surface area (Å²) in [4.78, 5) is 14.7. The van der Waals surface area contributed by atoms with Crippen molar-refractivity contribution in [3.63, 3.8) is 0 Å². The molecule has 4 heteroatoms. The first-order valence-electron chi connectivity index (χ1n) is 7.80. The van der Waals surface area contributed by atoms with Crippen LogP contribution in [-0.2, 0) is 11.3 Å². The molecule has 0 saturated heterocycles. The van der Waals surface area contributed by atoms with Crippen molar-refractivity contribution in [2.24, 2.45) is 0 Å². The average Bonchev–Trinajstić information content (AvgIpc) is 2.52. The predicted octanol–water partition coefficient (Wildman–Crippen LogP) is 2.68. The minimum Gasteiger partial charge on any atom is -0.326 e. The molecule has 0 aliphatic heterocycles. The largest absolute Gasteiger partial charge is 0.326 e. The Kier molecular flexibility index (Phi) is 6.25. The van der Waals surface area contributed by atoms with Gasteiger partial charge in [-0.2, -0.15) is 0 Å². The van der Waals surface area contributed by atoms with Crippen LogP contribution in [0, 0.1) is 13.8 Å². The molecular formula is C19H25N2OS+. The Balaban J connectivity index is 1.90. The van der Waals surface area contributed by atoms with E-state index in [-0.39, 0.29) is 5.91 Å². The zero-order chi connectivity index (χ0) is 16.8. The van der Waals surface area contributed by atoms with Gasteiger partial charge in [0.2, 0.25) is 0 Å². The number of rotatable bonds is 6. The smallest absolute Gasteiger partial charge is 0.279 e. The molecule has 0 saturated carbocycles. The van der Waals surface area contributed by atoms with Crippen molar-refractivity contribution in [1.82, 2.24) is 0 Å². The molecule has 0 radical (unpaired) electrons. The van der Waals surface area contributed by atoms with Gasteiger partial charge in [0, 0.05) is 16.1 Å². The second kappa shape index (κ2) is 8.18. The number of hydrogen-bond acceptors (Lipinski definition) is 2. The van der Waals surface area contributed by atoms with Crippen molar-refractivity contribution < 1.29 is 9.69 Å². The minimum absolute atomic E-state index is 0.0527. The summed E-state index contributed by atoms with van der Waals surface area (Å²) in [5.41, 5.74) is 4.48. The van der Waals surface area contributed by atoms with Crippen LogP contribution in [0.1, 0.15) is 16.7 Å². The van der Waals surface area contributed by atoms with Gasteiger partial charge in [-0.05, 0) is 49.4 Å². The highest BCUT2D eigenvalue weighted by Gasteiger charge is 2.12. The summed E-state index contributed by atoms with van der Waals surface area (Å²) in [6, 6.07) is 14.5. The zero-order valence-corrected chi connectivity index (χ0v) is 15.1. The topological polar surface area (TPSA) is 33.5 Å².